The van der Waals surface area contributed by atoms with Gasteiger partial charge in [0, 0.05) is 12.6 Å². The monoisotopic (exact) mass is 255 g/mol. The van der Waals surface area contributed by atoms with Gasteiger partial charge in [0.1, 0.15) is 17.2 Å². The van der Waals surface area contributed by atoms with Crippen LogP contribution in [-0.2, 0) is 0 Å². The first-order valence-corrected chi connectivity index (χ1v) is 6.33. The average Bonchev–Trinajstić information content (AvgIpc) is 2.35. The maximum Gasteiger partial charge on any atom is 0.150 e. The van der Waals surface area contributed by atoms with Gasteiger partial charge in [-0.1, -0.05) is 18.5 Å². The van der Waals surface area contributed by atoms with E-state index in [1.807, 2.05) is 0 Å². The smallest absolute Gasteiger partial charge is 0.150 e. The van der Waals surface area contributed by atoms with E-state index in [1.165, 1.54) is 19.3 Å². The average molecular weight is 256 g/mol. The second-order valence-corrected chi connectivity index (χ2v) is 4.68. The quantitative estimate of drug-likeness (QED) is 0.859. The topological polar surface area (TPSA) is 67.1 Å². The zero-order chi connectivity index (χ0) is 12.3. The normalized spacial score (nSPS) is 21.4. The van der Waals surface area contributed by atoms with E-state index in [4.69, 9.17) is 17.3 Å². The molecule has 1 atom stereocenters. The highest BCUT2D eigenvalue weighted by atomic mass is 35.5. The van der Waals surface area contributed by atoms with Gasteiger partial charge in [-0.3, -0.25) is 0 Å². The van der Waals surface area contributed by atoms with Crippen molar-refractivity contribution in [2.24, 2.45) is 0 Å². The number of anilines is 2. The van der Waals surface area contributed by atoms with Crippen molar-refractivity contribution < 1.29 is 0 Å². The van der Waals surface area contributed by atoms with Gasteiger partial charge in [-0.05, 0) is 25.9 Å². The standard InChI is InChI=1S/C11H18ClN5/c1-2-17-5-3-4-8(6-17)16-11-9(12)10(13)14-7-15-11/h7-8H,2-6H2,1H3,(H3,13,14,15,16)/t8-/m0/s1. The third-order valence-corrected chi connectivity index (χ3v) is 3.48. The molecule has 6 heteroatoms. The molecule has 0 spiro atoms. The van der Waals surface area contributed by atoms with E-state index in [1.54, 1.807) is 0 Å². The van der Waals surface area contributed by atoms with Crippen LogP contribution in [0, 0.1) is 0 Å². The summed E-state index contributed by atoms with van der Waals surface area (Å²) in [6, 6.07) is 0.385. The van der Waals surface area contributed by atoms with Crippen molar-refractivity contribution in [1.82, 2.24) is 14.9 Å². The summed E-state index contributed by atoms with van der Waals surface area (Å²) in [5.74, 6) is 0.967. The zero-order valence-corrected chi connectivity index (χ0v) is 10.7. The van der Waals surface area contributed by atoms with Crippen LogP contribution in [0.15, 0.2) is 6.33 Å². The van der Waals surface area contributed by atoms with Crippen molar-refractivity contribution in [3.05, 3.63) is 11.3 Å². The van der Waals surface area contributed by atoms with Gasteiger partial charge < -0.3 is 16.0 Å². The second kappa shape index (κ2) is 5.51. The van der Waals surface area contributed by atoms with Gasteiger partial charge in [0.15, 0.2) is 5.82 Å². The van der Waals surface area contributed by atoms with Gasteiger partial charge in [-0.2, -0.15) is 0 Å². The van der Waals surface area contributed by atoms with E-state index >= 15 is 0 Å². The fourth-order valence-corrected chi connectivity index (χ4v) is 2.29. The minimum Gasteiger partial charge on any atom is -0.382 e. The third-order valence-electron chi connectivity index (χ3n) is 3.11. The first kappa shape index (κ1) is 12.4. The molecular weight excluding hydrogens is 238 g/mol. The first-order valence-electron chi connectivity index (χ1n) is 5.95. The molecule has 1 aromatic rings. The van der Waals surface area contributed by atoms with Crippen LogP contribution in [0.4, 0.5) is 11.6 Å². The predicted octanol–water partition coefficient (Wildman–Crippen LogP) is 1.61. The number of hydrogen-bond donors (Lipinski definition) is 2. The molecule has 0 bridgehead atoms. The Kier molecular flexibility index (Phi) is 4.02. The summed E-state index contributed by atoms with van der Waals surface area (Å²) in [6.45, 7) is 5.46. The van der Waals surface area contributed by atoms with Crippen molar-refractivity contribution in [3.8, 4) is 0 Å². The molecule has 3 N–H and O–H groups in total. The number of piperidine rings is 1. The Labute approximate surface area is 106 Å². The Morgan fingerprint density at radius 3 is 3.18 bits per heavy atom. The fraction of sp³-hybridized carbons (Fsp3) is 0.636. The zero-order valence-electron chi connectivity index (χ0n) is 9.99. The molecule has 0 amide bonds. The Morgan fingerprint density at radius 2 is 2.41 bits per heavy atom. The SMILES string of the molecule is CCN1CCC[C@H](Nc2ncnc(N)c2Cl)C1. The van der Waals surface area contributed by atoms with Crippen LogP contribution in [-0.4, -0.2) is 40.5 Å². The van der Waals surface area contributed by atoms with E-state index in [2.05, 4.69) is 27.1 Å². The third kappa shape index (κ3) is 2.98. The lowest BCUT2D eigenvalue weighted by molar-refractivity contribution is 0.226. The van der Waals surface area contributed by atoms with E-state index < -0.39 is 0 Å². The molecule has 1 fully saturated rings. The number of nitrogen functional groups attached to an aromatic ring is 1. The molecule has 0 unspecified atom stereocenters. The molecule has 0 radical (unpaired) electrons. The number of nitrogens with zero attached hydrogens (tertiary/aromatic N) is 3. The van der Waals surface area contributed by atoms with Gasteiger partial charge in [-0.15, -0.1) is 0 Å². The lowest BCUT2D eigenvalue weighted by Crippen LogP contribution is -2.42. The van der Waals surface area contributed by atoms with Gasteiger partial charge in [-0.25, -0.2) is 9.97 Å². The summed E-state index contributed by atoms with van der Waals surface area (Å²) >= 11 is 6.06. The highest BCUT2D eigenvalue weighted by Crippen LogP contribution is 2.25. The van der Waals surface area contributed by atoms with Gasteiger partial charge in [0.25, 0.3) is 0 Å². The fourth-order valence-electron chi connectivity index (χ4n) is 2.14. The predicted molar refractivity (Wildman–Crippen MR) is 70.2 cm³/mol. The molecule has 0 saturated carbocycles. The van der Waals surface area contributed by atoms with Crippen LogP contribution >= 0.6 is 11.6 Å². The van der Waals surface area contributed by atoms with E-state index in [0.717, 1.165) is 19.5 Å². The molecule has 1 aromatic heterocycles. The van der Waals surface area contributed by atoms with Crippen LogP contribution in [0.3, 0.4) is 0 Å². The van der Waals surface area contributed by atoms with Gasteiger partial charge in [0.2, 0.25) is 0 Å². The van der Waals surface area contributed by atoms with Crippen LogP contribution in [0.1, 0.15) is 19.8 Å². The molecule has 0 aliphatic carbocycles. The Morgan fingerprint density at radius 1 is 1.59 bits per heavy atom. The number of hydrogen-bond acceptors (Lipinski definition) is 5. The van der Waals surface area contributed by atoms with E-state index in [0.29, 0.717) is 22.7 Å². The van der Waals surface area contributed by atoms with Crippen LogP contribution in [0.25, 0.3) is 0 Å². The van der Waals surface area contributed by atoms with Crippen LogP contribution < -0.4 is 11.1 Å². The summed E-state index contributed by atoms with van der Waals surface area (Å²) < 4.78 is 0. The molecule has 94 valence electrons. The molecule has 5 nitrogen and oxygen atoms in total. The highest BCUT2D eigenvalue weighted by Gasteiger charge is 2.20. The Bertz CT molecular complexity index is 384. The largest absolute Gasteiger partial charge is 0.382 e. The van der Waals surface area contributed by atoms with E-state index in [-0.39, 0.29) is 0 Å². The summed E-state index contributed by atoms with van der Waals surface area (Å²) in [6.07, 6.45) is 3.77. The Hall–Kier alpha value is -1.07. The minimum absolute atomic E-state index is 0.326. The summed E-state index contributed by atoms with van der Waals surface area (Å²) in [5, 5.41) is 3.77. The molecule has 1 aliphatic rings. The number of nitrogens with two attached hydrogens (primary N) is 1. The Balaban J connectivity index is 2.02. The molecule has 17 heavy (non-hydrogen) atoms. The van der Waals surface area contributed by atoms with Crippen molar-refractivity contribution in [1.29, 1.82) is 0 Å². The maximum atomic E-state index is 6.06. The highest BCUT2D eigenvalue weighted by molar-refractivity contribution is 6.35. The van der Waals surface area contributed by atoms with Crippen molar-refractivity contribution in [2.75, 3.05) is 30.7 Å². The summed E-state index contributed by atoms with van der Waals surface area (Å²) in [7, 11) is 0. The van der Waals surface area contributed by atoms with Crippen molar-refractivity contribution >= 4 is 23.2 Å². The molecule has 2 heterocycles. The number of halogens is 1. The first-order chi connectivity index (χ1) is 8.20. The number of rotatable bonds is 3. The molecule has 0 aromatic carbocycles. The van der Waals surface area contributed by atoms with Gasteiger partial charge >= 0.3 is 0 Å². The molecule has 1 saturated heterocycles. The van der Waals surface area contributed by atoms with Crippen LogP contribution in [0.5, 0.6) is 0 Å². The van der Waals surface area contributed by atoms with E-state index in [9.17, 15) is 0 Å². The van der Waals surface area contributed by atoms with Crippen molar-refractivity contribution in [2.45, 2.75) is 25.8 Å². The minimum atomic E-state index is 0.326. The summed E-state index contributed by atoms with van der Waals surface area (Å²) in [5.41, 5.74) is 5.65. The molecular formula is C11H18ClN5. The number of nitrogens with one attached hydrogen (secondary N) is 1. The molecule has 2 rings (SSSR count). The number of likely N-dealkylation sites (N-methyl/N-ethyl adjacent to an activating group) is 1. The summed E-state index contributed by atoms with van der Waals surface area (Å²) in [4.78, 5) is 10.4. The van der Waals surface area contributed by atoms with Crippen LogP contribution in [0.2, 0.25) is 5.02 Å². The van der Waals surface area contributed by atoms with Gasteiger partial charge in [0.05, 0.1) is 0 Å². The lowest BCUT2D eigenvalue weighted by Gasteiger charge is -2.32. The van der Waals surface area contributed by atoms with Crippen molar-refractivity contribution in [3.63, 3.8) is 0 Å². The molecule has 1 aliphatic heterocycles. The lowest BCUT2D eigenvalue weighted by atomic mass is 10.1. The number of aromatic nitrogens is 2. The second-order valence-electron chi connectivity index (χ2n) is 4.30. The number of likely N-dealkylation sites (tertiary alicyclic amines) is 1. The maximum absolute atomic E-state index is 6.06.